The molecule has 4 aromatic rings. The Morgan fingerprint density at radius 2 is 1.92 bits per heavy atom. The number of hydrogen-bond acceptors (Lipinski definition) is 6. The van der Waals surface area contributed by atoms with Crippen LogP contribution >= 0.6 is 0 Å². The molecule has 0 bridgehead atoms. The molecule has 1 amide bonds. The van der Waals surface area contributed by atoms with Gasteiger partial charge in [-0.15, -0.1) is 0 Å². The molecular weight excluding hydrogens is 482 g/mol. The SMILES string of the molecule is COc1cccc(C2/C(=C(\O)c3ccc4c(c3)CCCO4)C(=O)C(=O)N2c2nc3cc(C)c(C)cc3[nH]2)c1. The number of rotatable bonds is 4. The fourth-order valence-electron chi connectivity index (χ4n) is 5.21. The molecule has 6 rings (SSSR count). The molecule has 0 radical (unpaired) electrons. The van der Waals surface area contributed by atoms with Crippen LogP contribution in [0.25, 0.3) is 16.8 Å². The van der Waals surface area contributed by atoms with Crippen LogP contribution in [0, 0.1) is 13.8 Å². The first-order chi connectivity index (χ1) is 18.4. The topological polar surface area (TPSA) is 105 Å². The second-order valence-corrected chi connectivity index (χ2v) is 9.73. The lowest BCUT2D eigenvalue weighted by Gasteiger charge is -2.23. The number of aryl methyl sites for hydroxylation is 3. The fraction of sp³-hybridized carbons (Fsp3) is 0.233. The van der Waals surface area contributed by atoms with Crippen LogP contribution in [0.2, 0.25) is 0 Å². The van der Waals surface area contributed by atoms with Crippen LogP contribution in [0.1, 0.15) is 40.3 Å². The molecule has 3 heterocycles. The summed E-state index contributed by atoms with van der Waals surface area (Å²) < 4.78 is 11.1. The minimum absolute atomic E-state index is 0.00671. The number of aliphatic hydroxyl groups excluding tert-OH is 1. The molecule has 1 atom stereocenters. The number of Topliss-reactive ketones (excluding diaryl/α,β-unsaturated/α-hetero) is 1. The second kappa shape index (κ2) is 9.06. The molecule has 2 aliphatic rings. The maximum absolute atomic E-state index is 13.6. The summed E-state index contributed by atoms with van der Waals surface area (Å²) in [6.07, 6.45) is 1.68. The Hall–Kier alpha value is -4.59. The summed E-state index contributed by atoms with van der Waals surface area (Å²) in [5.74, 6) is -0.224. The molecule has 0 saturated carbocycles. The molecule has 1 unspecified atom stereocenters. The van der Waals surface area contributed by atoms with Crippen LogP contribution in [0.15, 0.2) is 60.2 Å². The van der Waals surface area contributed by atoms with E-state index in [-0.39, 0.29) is 17.3 Å². The van der Waals surface area contributed by atoms with Crippen molar-refractivity contribution in [2.24, 2.45) is 0 Å². The molecule has 2 aliphatic heterocycles. The number of ether oxygens (including phenoxy) is 2. The van der Waals surface area contributed by atoms with E-state index in [1.165, 1.54) is 4.90 Å². The Bertz CT molecular complexity index is 1610. The molecule has 2 N–H and O–H groups in total. The van der Waals surface area contributed by atoms with Crippen molar-refractivity contribution in [3.63, 3.8) is 0 Å². The smallest absolute Gasteiger partial charge is 0.302 e. The fourth-order valence-corrected chi connectivity index (χ4v) is 5.21. The number of H-pyrrole nitrogens is 1. The van der Waals surface area contributed by atoms with Gasteiger partial charge in [-0.1, -0.05) is 12.1 Å². The minimum Gasteiger partial charge on any atom is -0.507 e. The molecule has 1 aromatic heterocycles. The summed E-state index contributed by atoms with van der Waals surface area (Å²) in [5, 5.41) is 11.5. The number of aliphatic hydroxyl groups is 1. The number of nitrogens with zero attached hydrogens (tertiary/aromatic N) is 2. The van der Waals surface area contributed by atoms with Crippen molar-refractivity contribution in [1.82, 2.24) is 9.97 Å². The van der Waals surface area contributed by atoms with Crippen molar-refractivity contribution in [2.45, 2.75) is 32.7 Å². The van der Waals surface area contributed by atoms with Crippen molar-refractivity contribution in [3.05, 3.63) is 88.0 Å². The largest absolute Gasteiger partial charge is 0.507 e. The number of nitrogens with one attached hydrogen (secondary N) is 1. The Morgan fingerprint density at radius 3 is 2.74 bits per heavy atom. The maximum atomic E-state index is 13.6. The van der Waals surface area contributed by atoms with Gasteiger partial charge in [-0.05, 0) is 91.4 Å². The molecule has 0 aliphatic carbocycles. The van der Waals surface area contributed by atoms with Crippen LogP contribution in [0.5, 0.6) is 11.5 Å². The zero-order valence-corrected chi connectivity index (χ0v) is 21.4. The van der Waals surface area contributed by atoms with Gasteiger partial charge in [0.05, 0.1) is 36.4 Å². The van der Waals surface area contributed by atoms with Gasteiger partial charge in [0.15, 0.2) is 0 Å². The van der Waals surface area contributed by atoms with Gasteiger partial charge in [-0.2, -0.15) is 0 Å². The Kier molecular flexibility index (Phi) is 5.67. The summed E-state index contributed by atoms with van der Waals surface area (Å²) in [5.41, 5.74) is 5.60. The Labute approximate surface area is 219 Å². The summed E-state index contributed by atoms with van der Waals surface area (Å²) in [7, 11) is 1.55. The number of ketones is 1. The monoisotopic (exact) mass is 509 g/mol. The molecular formula is C30H27N3O5. The number of methoxy groups -OCH3 is 1. The standard InChI is InChI=1S/C30H27N3O5/c1-16-12-22-23(13-17(16)2)32-30(31-22)33-26(19-6-4-8-21(15-19)37-3)25(28(35)29(33)36)27(34)20-9-10-24-18(14-20)7-5-11-38-24/h4,6,8-10,12-15,26,34H,5,7,11H2,1-3H3,(H,31,32)/b27-25+. The van der Waals surface area contributed by atoms with Gasteiger partial charge in [0.2, 0.25) is 5.95 Å². The summed E-state index contributed by atoms with van der Waals surface area (Å²) in [6, 6.07) is 15.5. The third-order valence-electron chi connectivity index (χ3n) is 7.35. The lowest BCUT2D eigenvalue weighted by molar-refractivity contribution is -0.132. The lowest BCUT2D eigenvalue weighted by Crippen LogP contribution is -2.30. The minimum atomic E-state index is -0.917. The third-order valence-corrected chi connectivity index (χ3v) is 7.35. The predicted octanol–water partition coefficient (Wildman–Crippen LogP) is 5.14. The Balaban J connectivity index is 1.55. The van der Waals surface area contributed by atoms with E-state index in [1.807, 2.05) is 32.0 Å². The molecule has 3 aromatic carbocycles. The molecule has 1 fully saturated rings. The van der Waals surface area contributed by atoms with Crippen molar-refractivity contribution in [2.75, 3.05) is 18.6 Å². The van der Waals surface area contributed by atoms with Crippen LogP contribution in [-0.2, 0) is 16.0 Å². The van der Waals surface area contributed by atoms with Crippen molar-refractivity contribution in [1.29, 1.82) is 0 Å². The molecule has 0 spiro atoms. The Morgan fingerprint density at radius 1 is 1.11 bits per heavy atom. The van der Waals surface area contributed by atoms with E-state index in [2.05, 4.69) is 9.97 Å². The number of aromatic amines is 1. The van der Waals surface area contributed by atoms with E-state index in [4.69, 9.17) is 9.47 Å². The number of benzene rings is 3. The molecule has 8 heteroatoms. The highest BCUT2D eigenvalue weighted by atomic mass is 16.5. The van der Waals surface area contributed by atoms with Crippen LogP contribution < -0.4 is 14.4 Å². The van der Waals surface area contributed by atoms with E-state index >= 15 is 0 Å². The van der Waals surface area contributed by atoms with Gasteiger partial charge < -0.3 is 19.6 Å². The van der Waals surface area contributed by atoms with E-state index in [1.54, 1.807) is 43.5 Å². The molecule has 1 saturated heterocycles. The number of anilines is 1. The zero-order chi connectivity index (χ0) is 26.6. The number of fused-ring (bicyclic) bond motifs is 2. The number of amides is 1. The summed E-state index contributed by atoms with van der Waals surface area (Å²) in [6.45, 7) is 4.65. The first-order valence-electron chi connectivity index (χ1n) is 12.5. The van der Waals surface area contributed by atoms with E-state index in [0.717, 1.165) is 40.8 Å². The highest BCUT2D eigenvalue weighted by molar-refractivity contribution is 6.51. The first kappa shape index (κ1) is 23.8. The van der Waals surface area contributed by atoms with Crippen molar-refractivity contribution < 1.29 is 24.2 Å². The van der Waals surface area contributed by atoms with Gasteiger partial charge >= 0.3 is 5.91 Å². The second-order valence-electron chi connectivity index (χ2n) is 9.73. The number of carbonyl (C=O) groups excluding carboxylic acids is 2. The van der Waals surface area contributed by atoms with Crippen LogP contribution in [-0.4, -0.2) is 40.5 Å². The molecule has 38 heavy (non-hydrogen) atoms. The maximum Gasteiger partial charge on any atom is 0.302 e. The van der Waals surface area contributed by atoms with Gasteiger partial charge in [-0.3, -0.25) is 14.5 Å². The van der Waals surface area contributed by atoms with Gasteiger partial charge in [0, 0.05) is 5.56 Å². The predicted molar refractivity (Wildman–Crippen MR) is 144 cm³/mol. The average molecular weight is 510 g/mol. The quantitative estimate of drug-likeness (QED) is 0.224. The van der Waals surface area contributed by atoms with Crippen molar-refractivity contribution in [3.8, 4) is 11.5 Å². The van der Waals surface area contributed by atoms with E-state index < -0.39 is 17.7 Å². The highest BCUT2D eigenvalue weighted by Crippen LogP contribution is 2.43. The van der Waals surface area contributed by atoms with Gasteiger partial charge in [-0.25, -0.2) is 4.98 Å². The average Bonchev–Trinajstić information content (AvgIpc) is 3.45. The zero-order valence-electron chi connectivity index (χ0n) is 21.4. The normalized spacial score (nSPS) is 18.5. The number of carbonyl (C=O) groups is 2. The number of aromatic nitrogens is 2. The van der Waals surface area contributed by atoms with Crippen LogP contribution in [0.4, 0.5) is 5.95 Å². The first-order valence-corrected chi connectivity index (χ1v) is 12.5. The third kappa shape index (κ3) is 3.80. The van der Waals surface area contributed by atoms with Crippen molar-refractivity contribution >= 4 is 34.4 Å². The highest BCUT2D eigenvalue weighted by Gasteiger charge is 2.48. The van der Waals surface area contributed by atoms with Gasteiger partial charge in [0.25, 0.3) is 5.78 Å². The molecule has 8 nitrogen and oxygen atoms in total. The lowest BCUT2D eigenvalue weighted by atomic mass is 9.94. The summed E-state index contributed by atoms with van der Waals surface area (Å²) in [4.78, 5) is 36.3. The van der Waals surface area contributed by atoms with Crippen LogP contribution in [0.3, 0.4) is 0 Å². The summed E-state index contributed by atoms with van der Waals surface area (Å²) >= 11 is 0. The molecule has 192 valence electrons. The van der Waals surface area contributed by atoms with E-state index in [9.17, 15) is 14.7 Å². The number of imidazole rings is 1. The van der Waals surface area contributed by atoms with E-state index in [0.29, 0.717) is 29.0 Å². The number of hydrogen-bond donors (Lipinski definition) is 2. The van der Waals surface area contributed by atoms with Gasteiger partial charge in [0.1, 0.15) is 17.3 Å².